The summed E-state index contributed by atoms with van der Waals surface area (Å²) < 4.78 is 58.3. The molecule has 3 aliphatic rings. The molecular formula is C21H18N6O7S. The summed E-state index contributed by atoms with van der Waals surface area (Å²) in [6.45, 7) is 0.411. The van der Waals surface area contributed by atoms with Crippen molar-refractivity contribution in [1.82, 2.24) is 24.9 Å². The number of sulfonamides is 1. The fourth-order valence-corrected chi connectivity index (χ4v) is 5.74. The quantitative estimate of drug-likeness (QED) is 0.511. The third kappa shape index (κ3) is 3.84. The Labute approximate surface area is 199 Å². The molecule has 35 heavy (non-hydrogen) atoms. The van der Waals surface area contributed by atoms with Gasteiger partial charge in [0.2, 0.25) is 16.8 Å². The number of rotatable bonds is 6. The molecule has 3 aliphatic heterocycles. The van der Waals surface area contributed by atoms with Crippen LogP contribution in [0.15, 0.2) is 47.4 Å². The van der Waals surface area contributed by atoms with Crippen LogP contribution >= 0.6 is 0 Å². The number of ether oxygens (including phenoxy) is 5. The molecule has 6 rings (SSSR count). The third-order valence-corrected chi connectivity index (χ3v) is 7.51. The van der Waals surface area contributed by atoms with Crippen LogP contribution in [0.5, 0.6) is 23.3 Å². The zero-order valence-corrected chi connectivity index (χ0v) is 18.8. The maximum atomic E-state index is 13.0. The minimum absolute atomic E-state index is 0.0553. The van der Waals surface area contributed by atoms with Gasteiger partial charge in [-0.3, -0.25) is 0 Å². The molecule has 2 saturated heterocycles. The summed E-state index contributed by atoms with van der Waals surface area (Å²) in [5.41, 5.74) is 0.0553. The lowest BCUT2D eigenvalue weighted by atomic mass is 10.1. The van der Waals surface area contributed by atoms with Gasteiger partial charge in [-0.1, -0.05) is 17.2 Å². The summed E-state index contributed by atoms with van der Waals surface area (Å²) in [7, 11) is -3.98. The highest BCUT2D eigenvalue weighted by atomic mass is 32.2. The molecule has 14 heteroatoms. The van der Waals surface area contributed by atoms with E-state index in [0.29, 0.717) is 17.2 Å². The minimum Gasteiger partial charge on any atom is -0.454 e. The van der Waals surface area contributed by atoms with Crippen LogP contribution in [0.2, 0.25) is 0 Å². The Hall–Kier alpha value is -3.77. The van der Waals surface area contributed by atoms with Crippen LogP contribution in [-0.4, -0.2) is 66.9 Å². The van der Waals surface area contributed by atoms with E-state index in [1.165, 1.54) is 16.8 Å². The average molecular weight is 498 g/mol. The van der Waals surface area contributed by atoms with Gasteiger partial charge >= 0.3 is 6.01 Å². The predicted molar refractivity (Wildman–Crippen MR) is 114 cm³/mol. The molecule has 0 aliphatic carbocycles. The lowest BCUT2D eigenvalue weighted by molar-refractivity contribution is 0.0615. The molecule has 0 radical (unpaired) electrons. The Balaban J connectivity index is 1.18. The summed E-state index contributed by atoms with van der Waals surface area (Å²) in [6, 6.07) is 12.0. The Kier molecular flexibility index (Phi) is 5.26. The minimum atomic E-state index is -3.98. The average Bonchev–Trinajstić information content (AvgIpc) is 3.65. The second kappa shape index (κ2) is 8.47. The van der Waals surface area contributed by atoms with Gasteiger partial charge in [0, 0.05) is 6.07 Å². The van der Waals surface area contributed by atoms with Crippen LogP contribution in [0.4, 0.5) is 0 Å². The zero-order valence-electron chi connectivity index (χ0n) is 18.0. The molecule has 0 spiro atoms. The highest BCUT2D eigenvalue weighted by molar-refractivity contribution is 7.89. The van der Waals surface area contributed by atoms with Crippen LogP contribution in [-0.2, 0) is 19.5 Å². The van der Waals surface area contributed by atoms with E-state index in [-0.39, 0.29) is 36.5 Å². The normalized spacial score (nSPS) is 24.8. The maximum Gasteiger partial charge on any atom is 0.341 e. The Morgan fingerprint density at radius 1 is 1.09 bits per heavy atom. The Bertz CT molecular complexity index is 1420. The largest absolute Gasteiger partial charge is 0.454 e. The van der Waals surface area contributed by atoms with Gasteiger partial charge < -0.3 is 23.7 Å². The van der Waals surface area contributed by atoms with Crippen molar-refractivity contribution in [3.63, 3.8) is 0 Å². The van der Waals surface area contributed by atoms with E-state index in [2.05, 4.69) is 20.2 Å². The molecule has 0 saturated carbocycles. The predicted octanol–water partition coefficient (Wildman–Crippen LogP) is 0.752. The summed E-state index contributed by atoms with van der Waals surface area (Å²) in [5, 5.41) is 21.0. The lowest BCUT2D eigenvalue weighted by Gasteiger charge is -2.18. The van der Waals surface area contributed by atoms with Crippen LogP contribution in [0.25, 0.3) is 0 Å². The molecule has 180 valence electrons. The molecule has 2 fully saturated rings. The topological polar surface area (TPSA) is 160 Å². The van der Waals surface area contributed by atoms with Gasteiger partial charge in [0.1, 0.15) is 30.1 Å². The van der Waals surface area contributed by atoms with Crippen molar-refractivity contribution < 1.29 is 32.1 Å². The fraction of sp³-hybridized carbons (Fsp3) is 0.333. The molecule has 4 heterocycles. The highest BCUT2D eigenvalue weighted by Gasteiger charge is 2.51. The van der Waals surface area contributed by atoms with Crippen LogP contribution in [0, 0.1) is 11.3 Å². The van der Waals surface area contributed by atoms with E-state index in [9.17, 15) is 13.7 Å². The summed E-state index contributed by atoms with van der Waals surface area (Å²) in [4.78, 5) is -0.0969. The number of nitrogens with one attached hydrogen (secondary N) is 1. The Morgan fingerprint density at radius 3 is 2.80 bits per heavy atom. The van der Waals surface area contributed by atoms with Gasteiger partial charge in [0.05, 0.1) is 29.7 Å². The van der Waals surface area contributed by atoms with E-state index in [0.717, 1.165) is 0 Å². The molecule has 0 amide bonds. The van der Waals surface area contributed by atoms with Crippen molar-refractivity contribution in [3.8, 4) is 29.3 Å². The number of hydrogen-bond acceptors (Lipinski definition) is 11. The number of fused-ring (bicyclic) bond motifs is 2. The van der Waals surface area contributed by atoms with Gasteiger partial charge in [-0.15, -0.1) is 0 Å². The zero-order chi connectivity index (χ0) is 24.0. The number of aromatic nitrogens is 4. The van der Waals surface area contributed by atoms with Crippen molar-refractivity contribution in [1.29, 1.82) is 5.26 Å². The van der Waals surface area contributed by atoms with E-state index >= 15 is 0 Å². The molecule has 1 N–H and O–H groups in total. The first-order valence-electron chi connectivity index (χ1n) is 10.6. The first kappa shape index (κ1) is 21.7. The molecule has 3 aromatic rings. The van der Waals surface area contributed by atoms with Gasteiger partial charge in [0.25, 0.3) is 0 Å². The van der Waals surface area contributed by atoms with Gasteiger partial charge in [-0.2, -0.15) is 9.94 Å². The van der Waals surface area contributed by atoms with Crippen molar-refractivity contribution >= 4 is 10.0 Å². The van der Waals surface area contributed by atoms with Crippen LogP contribution in [0.3, 0.4) is 0 Å². The van der Waals surface area contributed by atoms with E-state index in [1.54, 1.807) is 30.3 Å². The van der Waals surface area contributed by atoms with Crippen LogP contribution < -0.4 is 18.9 Å². The standard InChI is InChI=1S/C21H18N6O7S/c22-8-12-3-1-2-4-18(12)35(28,29)24-14-9-30-20-15(10-31-19(14)20)27-21(23-25-26-27)34-13-5-6-16-17(7-13)33-11-32-16/h1-7,14-15,19-20,24H,9-11H2/t14-,15-,19+,20+/m0/s1. The van der Waals surface area contributed by atoms with Gasteiger partial charge in [-0.05, 0) is 34.7 Å². The van der Waals surface area contributed by atoms with Crippen LogP contribution in [0.1, 0.15) is 11.6 Å². The smallest absolute Gasteiger partial charge is 0.341 e. The number of nitrogens with zero attached hydrogens (tertiary/aromatic N) is 5. The number of hydrogen-bond donors (Lipinski definition) is 1. The molecule has 13 nitrogen and oxygen atoms in total. The van der Waals surface area contributed by atoms with E-state index < -0.39 is 34.3 Å². The number of nitriles is 1. The van der Waals surface area contributed by atoms with Gasteiger partial charge in [0.15, 0.2) is 11.5 Å². The first-order valence-corrected chi connectivity index (χ1v) is 12.1. The number of tetrazole rings is 1. The molecule has 1 aromatic heterocycles. The monoisotopic (exact) mass is 498 g/mol. The second-order valence-electron chi connectivity index (χ2n) is 8.02. The van der Waals surface area contributed by atoms with Gasteiger partial charge in [-0.25, -0.2) is 13.1 Å². The van der Waals surface area contributed by atoms with Crippen molar-refractivity contribution in [2.24, 2.45) is 0 Å². The van der Waals surface area contributed by atoms with Crippen molar-refractivity contribution in [2.45, 2.75) is 29.2 Å². The molecule has 2 aromatic carbocycles. The van der Waals surface area contributed by atoms with Crippen molar-refractivity contribution in [3.05, 3.63) is 48.0 Å². The van der Waals surface area contributed by atoms with E-state index in [4.69, 9.17) is 23.7 Å². The second-order valence-corrected chi connectivity index (χ2v) is 9.70. The highest BCUT2D eigenvalue weighted by Crippen LogP contribution is 2.39. The fourth-order valence-electron chi connectivity index (χ4n) is 4.35. The summed E-state index contributed by atoms with van der Waals surface area (Å²) >= 11 is 0. The first-order chi connectivity index (χ1) is 17.0. The molecule has 0 unspecified atom stereocenters. The maximum absolute atomic E-state index is 13.0. The van der Waals surface area contributed by atoms with E-state index in [1.807, 2.05) is 6.07 Å². The lowest BCUT2D eigenvalue weighted by Crippen LogP contribution is -2.44. The molecule has 4 atom stereocenters. The molecular weight excluding hydrogens is 480 g/mol. The third-order valence-electron chi connectivity index (χ3n) is 5.96. The summed E-state index contributed by atoms with van der Waals surface area (Å²) in [6.07, 6.45) is -1.09. The Morgan fingerprint density at radius 2 is 1.91 bits per heavy atom. The SMILES string of the molecule is N#Cc1ccccc1S(=O)(=O)N[C@H]1CO[C@H]2[C@@H]1OC[C@@H]2n1nnnc1Oc1ccc2c(c1)OCO2. The summed E-state index contributed by atoms with van der Waals surface area (Å²) in [5.74, 6) is 1.63. The van der Waals surface area contributed by atoms with Crippen molar-refractivity contribution in [2.75, 3.05) is 20.0 Å². The molecule has 0 bridgehead atoms. The number of benzene rings is 2.